The van der Waals surface area contributed by atoms with Crippen LogP contribution in [0.4, 0.5) is 5.69 Å². The van der Waals surface area contributed by atoms with Crippen molar-refractivity contribution in [1.29, 1.82) is 0 Å². The van der Waals surface area contributed by atoms with E-state index in [0.717, 1.165) is 0 Å². The van der Waals surface area contributed by atoms with Gasteiger partial charge in [0, 0.05) is 6.54 Å². The minimum Gasteiger partial charge on any atom is -0.395 e. The third-order valence-corrected chi connectivity index (χ3v) is 2.59. The summed E-state index contributed by atoms with van der Waals surface area (Å²) in [6.45, 7) is 0.214. The van der Waals surface area contributed by atoms with Crippen LogP contribution in [0.3, 0.4) is 0 Å². The summed E-state index contributed by atoms with van der Waals surface area (Å²) in [7, 11) is -3.71. The number of benzene rings is 1. The molecule has 6 heteroatoms. The van der Waals surface area contributed by atoms with Gasteiger partial charge in [-0.2, -0.15) is 0 Å². The summed E-state index contributed by atoms with van der Waals surface area (Å²) in [5.41, 5.74) is 0.407. The Morgan fingerprint density at radius 3 is 2.57 bits per heavy atom. The van der Waals surface area contributed by atoms with Crippen LogP contribution >= 0.6 is 0 Å². The van der Waals surface area contributed by atoms with E-state index in [-0.39, 0.29) is 18.0 Å². The lowest BCUT2D eigenvalue weighted by atomic mass is 10.3. The van der Waals surface area contributed by atoms with E-state index in [2.05, 4.69) is 5.32 Å². The third-order valence-electron chi connectivity index (χ3n) is 1.62. The highest BCUT2D eigenvalue weighted by molar-refractivity contribution is 7.89. The van der Waals surface area contributed by atoms with Crippen molar-refractivity contribution in [1.82, 2.24) is 0 Å². The van der Waals surface area contributed by atoms with Crippen LogP contribution < -0.4 is 10.5 Å². The number of nitrogens with two attached hydrogens (primary N) is 1. The van der Waals surface area contributed by atoms with Gasteiger partial charge in [0.1, 0.15) is 4.90 Å². The van der Waals surface area contributed by atoms with Gasteiger partial charge < -0.3 is 10.4 Å². The van der Waals surface area contributed by atoms with Crippen LogP contribution in [-0.4, -0.2) is 26.7 Å². The molecule has 14 heavy (non-hydrogen) atoms. The van der Waals surface area contributed by atoms with Gasteiger partial charge in [-0.3, -0.25) is 0 Å². The average Bonchev–Trinajstić information content (AvgIpc) is 2.14. The Labute approximate surface area is 82.6 Å². The zero-order chi connectivity index (χ0) is 10.6. The molecule has 0 fully saturated rings. The first-order chi connectivity index (χ1) is 6.55. The average molecular weight is 216 g/mol. The maximum absolute atomic E-state index is 11.1. The number of rotatable bonds is 4. The van der Waals surface area contributed by atoms with Gasteiger partial charge in [-0.25, -0.2) is 13.6 Å². The molecule has 0 spiro atoms. The Bertz CT molecular complexity index is 403. The number of anilines is 1. The maximum Gasteiger partial charge on any atom is 0.240 e. The van der Waals surface area contributed by atoms with E-state index < -0.39 is 10.0 Å². The zero-order valence-corrected chi connectivity index (χ0v) is 8.29. The van der Waals surface area contributed by atoms with E-state index in [1.807, 2.05) is 0 Å². The molecule has 4 N–H and O–H groups in total. The Kier molecular flexibility index (Phi) is 3.45. The molecule has 0 atom stereocenters. The Balaban J connectivity index is 3.04. The van der Waals surface area contributed by atoms with Crippen molar-refractivity contribution < 1.29 is 13.5 Å². The van der Waals surface area contributed by atoms with Crippen LogP contribution in [0.15, 0.2) is 29.2 Å². The minimum atomic E-state index is -3.71. The molecule has 0 aliphatic rings. The number of para-hydroxylation sites is 1. The van der Waals surface area contributed by atoms with Gasteiger partial charge >= 0.3 is 0 Å². The van der Waals surface area contributed by atoms with Gasteiger partial charge in [0.15, 0.2) is 0 Å². The van der Waals surface area contributed by atoms with Crippen molar-refractivity contribution in [2.75, 3.05) is 18.5 Å². The number of hydrogen-bond donors (Lipinski definition) is 3. The van der Waals surface area contributed by atoms with Gasteiger partial charge in [-0.05, 0) is 12.1 Å². The van der Waals surface area contributed by atoms with Crippen molar-refractivity contribution in [3.05, 3.63) is 24.3 Å². The van der Waals surface area contributed by atoms with E-state index in [1.54, 1.807) is 18.2 Å². The number of aliphatic hydroxyl groups is 1. The number of primary sulfonamides is 1. The van der Waals surface area contributed by atoms with E-state index in [9.17, 15) is 8.42 Å². The second-order valence-electron chi connectivity index (χ2n) is 2.69. The van der Waals surface area contributed by atoms with Crippen LogP contribution in [-0.2, 0) is 10.0 Å². The fraction of sp³-hybridized carbons (Fsp3) is 0.250. The summed E-state index contributed by atoms with van der Waals surface area (Å²) in [5, 5.41) is 16.3. The molecule has 0 saturated heterocycles. The van der Waals surface area contributed by atoms with Crippen LogP contribution in [0.5, 0.6) is 0 Å². The van der Waals surface area contributed by atoms with Gasteiger partial charge in [0.2, 0.25) is 10.0 Å². The van der Waals surface area contributed by atoms with Gasteiger partial charge in [0.05, 0.1) is 12.3 Å². The Morgan fingerprint density at radius 2 is 2.00 bits per heavy atom. The molecule has 0 unspecified atom stereocenters. The molecular weight excluding hydrogens is 204 g/mol. The Morgan fingerprint density at radius 1 is 1.36 bits per heavy atom. The fourth-order valence-electron chi connectivity index (χ4n) is 1.05. The van der Waals surface area contributed by atoms with Gasteiger partial charge in [0.25, 0.3) is 0 Å². The normalized spacial score (nSPS) is 11.3. The quantitative estimate of drug-likeness (QED) is 0.646. The lowest BCUT2D eigenvalue weighted by molar-refractivity contribution is 0.311. The lowest BCUT2D eigenvalue weighted by Gasteiger charge is -2.08. The molecule has 0 saturated carbocycles. The largest absolute Gasteiger partial charge is 0.395 e. The molecular formula is C8H12N2O3S. The molecule has 0 radical (unpaired) electrons. The van der Waals surface area contributed by atoms with E-state index >= 15 is 0 Å². The Hall–Kier alpha value is -1.11. The number of nitrogens with one attached hydrogen (secondary N) is 1. The lowest BCUT2D eigenvalue weighted by Crippen LogP contribution is -2.16. The monoisotopic (exact) mass is 216 g/mol. The molecule has 0 amide bonds. The third kappa shape index (κ3) is 2.69. The molecule has 0 heterocycles. The fourth-order valence-corrected chi connectivity index (χ4v) is 1.77. The molecule has 0 aliphatic carbocycles. The second-order valence-corrected chi connectivity index (χ2v) is 4.22. The van der Waals surface area contributed by atoms with Crippen molar-refractivity contribution in [3.63, 3.8) is 0 Å². The molecule has 1 aromatic carbocycles. The maximum atomic E-state index is 11.1. The highest BCUT2D eigenvalue weighted by Crippen LogP contribution is 2.18. The summed E-state index contributed by atoms with van der Waals surface area (Å²) < 4.78 is 22.2. The number of hydrogen-bond acceptors (Lipinski definition) is 4. The molecule has 5 nitrogen and oxygen atoms in total. The molecule has 1 aromatic rings. The highest BCUT2D eigenvalue weighted by atomic mass is 32.2. The molecule has 0 aromatic heterocycles. The number of sulfonamides is 1. The van der Waals surface area contributed by atoms with Crippen molar-refractivity contribution in [3.8, 4) is 0 Å². The summed E-state index contributed by atoms with van der Waals surface area (Å²) in [5.74, 6) is 0. The van der Waals surface area contributed by atoms with Crippen LogP contribution in [0.2, 0.25) is 0 Å². The van der Waals surface area contributed by atoms with Crippen molar-refractivity contribution in [2.24, 2.45) is 5.14 Å². The first-order valence-electron chi connectivity index (χ1n) is 4.02. The summed E-state index contributed by atoms with van der Waals surface area (Å²) in [6, 6.07) is 6.28. The van der Waals surface area contributed by atoms with E-state index in [1.165, 1.54) is 6.07 Å². The minimum absolute atomic E-state index is 0.0356. The topological polar surface area (TPSA) is 92.4 Å². The molecule has 0 bridgehead atoms. The predicted octanol–water partition coefficient (Wildman–Crippen LogP) is -0.262. The number of aliphatic hydroxyl groups excluding tert-OH is 1. The molecule has 78 valence electrons. The van der Waals surface area contributed by atoms with Crippen molar-refractivity contribution in [2.45, 2.75) is 4.90 Å². The van der Waals surface area contributed by atoms with Crippen LogP contribution in [0, 0.1) is 0 Å². The standard InChI is InChI=1S/C8H12N2O3S/c9-14(12,13)8-4-2-1-3-7(8)10-5-6-11/h1-4,10-11H,5-6H2,(H2,9,12,13). The summed E-state index contributed by atoms with van der Waals surface area (Å²) in [4.78, 5) is 0.0356. The van der Waals surface area contributed by atoms with E-state index in [0.29, 0.717) is 5.69 Å². The molecule has 1 rings (SSSR count). The van der Waals surface area contributed by atoms with Gasteiger partial charge in [-0.15, -0.1) is 0 Å². The highest BCUT2D eigenvalue weighted by Gasteiger charge is 2.11. The SMILES string of the molecule is NS(=O)(=O)c1ccccc1NCCO. The van der Waals surface area contributed by atoms with Crippen molar-refractivity contribution >= 4 is 15.7 Å². The summed E-state index contributed by atoms with van der Waals surface area (Å²) >= 11 is 0. The smallest absolute Gasteiger partial charge is 0.240 e. The first-order valence-corrected chi connectivity index (χ1v) is 5.57. The first kappa shape index (κ1) is 11.0. The van der Waals surface area contributed by atoms with Gasteiger partial charge in [-0.1, -0.05) is 12.1 Å². The predicted molar refractivity (Wildman–Crippen MR) is 53.4 cm³/mol. The van der Waals surface area contributed by atoms with Crippen LogP contribution in [0.25, 0.3) is 0 Å². The summed E-state index contributed by atoms with van der Waals surface area (Å²) in [6.07, 6.45) is 0. The second kappa shape index (κ2) is 4.41. The zero-order valence-electron chi connectivity index (χ0n) is 7.47. The van der Waals surface area contributed by atoms with E-state index in [4.69, 9.17) is 10.2 Å². The molecule has 0 aliphatic heterocycles. The van der Waals surface area contributed by atoms with Crippen LogP contribution in [0.1, 0.15) is 0 Å².